The van der Waals surface area contributed by atoms with Crippen molar-refractivity contribution in [1.29, 1.82) is 0 Å². The Morgan fingerprint density at radius 2 is 0.521 bits per heavy atom. The van der Waals surface area contributed by atoms with Gasteiger partial charge in [-0.15, -0.1) is 0 Å². The lowest BCUT2D eigenvalue weighted by Gasteiger charge is -2.21. The minimum absolute atomic E-state index is 0.448. The first-order valence-corrected chi connectivity index (χ1v) is 51.1. The molecule has 0 N–H and O–H groups in total. The van der Waals surface area contributed by atoms with Crippen molar-refractivity contribution in [3.63, 3.8) is 0 Å². The Kier molecular flexibility index (Phi) is 22.7. The minimum Gasteiger partial charge on any atom is -0.455 e. The number of benzene rings is 15. The summed E-state index contributed by atoms with van der Waals surface area (Å²) in [5.74, 6) is -0.0421. The standard InChI is InChI=1S/C30H30NO.C29H28NO.C26H24NO.C25H22NO.C24H20NO/c1-20-12-13-25-26-18-23-10-6-7-11-24(23)19-28(26)32-30(25)29(20)27-17-22(14-15-31(27)2)16-21-8-4-3-5-9-21;1-19-11-12-24-25-17-22-9-5-6-10-23(22)18-27(25)31-29(24)28(19)26-16-21(13-14-30(26)2)15-20-7-3-4-8-20;1-16(2)18-11-12-27(4)23(14-18)25-17(3)9-10-21-22-13-19-7-5-6-8-20(19)15-24(22)28-26(21)25;1-4-17-11-12-26(3)22(13-17)24-16(2)9-10-20-21-14-18-7-5-6-8-19(18)15-23(21)27-25(20)24;1-15-10-11-25(3)21(12-15)23-16(2)8-9-19-20-13-17-6-4-5-7-18(17)14-22(20)26-24(19)23/h6-7,10-15,17-19,21H,3-5,8-9,16H2,1-2H3;5-6,9-14,16-18,20H,3-4,7-8,15H2,1-2H3;5-16H,1-4H3;5-15H,4H2,1-3H3;4-14H,1-3H3/q5*+1/i;;1D3,16D;4D2;. The summed E-state index contributed by atoms with van der Waals surface area (Å²) in [4.78, 5) is 0. The summed E-state index contributed by atoms with van der Waals surface area (Å²) in [5.41, 5.74) is 31.2. The zero-order valence-corrected chi connectivity index (χ0v) is 84.5. The van der Waals surface area contributed by atoms with Crippen LogP contribution in [0.1, 0.15) is 148 Å². The van der Waals surface area contributed by atoms with Crippen molar-refractivity contribution in [1.82, 2.24) is 0 Å². The number of hydrogen-bond donors (Lipinski definition) is 0. The number of furan rings is 5. The Hall–Kier alpha value is -15.7. The summed E-state index contributed by atoms with van der Waals surface area (Å²) in [7, 11) is 10.3. The fourth-order valence-electron chi connectivity index (χ4n) is 22.9. The van der Waals surface area contributed by atoms with Gasteiger partial charge in [0.1, 0.15) is 91.1 Å². The van der Waals surface area contributed by atoms with Gasteiger partial charge in [0.2, 0.25) is 28.5 Å². The van der Waals surface area contributed by atoms with Gasteiger partial charge >= 0.3 is 0 Å². The monoisotopic (exact) mass is 1890 g/mol. The molecule has 0 radical (unpaired) electrons. The van der Waals surface area contributed by atoms with Gasteiger partial charge in [0.15, 0.2) is 31.0 Å². The molecule has 0 amide bonds. The van der Waals surface area contributed by atoms with Crippen LogP contribution in [0.5, 0.6) is 0 Å². The van der Waals surface area contributed by atoms with E-state index >= 15 is 0 Å². The predicted octanol–water partition coefficient (Wildman–Crippen LogP) is 33.5. The number of hydrogen-bond acceptors (Lipinski definition) is 5. The first-order chi connectivity index (χ1) is 72.4. The molecule has 2 fully saturated rings. The Balaban J connectivity index is 0.000000103. The fourth-order valence-corrected chi connectivity index (χ4v) is 22.9. The van der Waals surface area contributed by atoms with Gasteiger partial charge in [-0.2, -0.15) is 0 Å². The molecule has 15 aromatic carbocycles. The Labute approximate surface area is 849 Å². The highest BCUT2D eigenvalue weighted by molar-refractivity contribution is 6.19. The highest BCUT2D eigenvalue weighted by Gasteiger charge is 2.30. The second kappa shape index (κ2) is 38.3. The number of nitrogens with zero attached hydrogens (tertiary/aromatic N) is 5. The average Bonchev–Trinajstić information content (AvgIpc) is 1.55. The van der Waals surface area contributed by atoms with Crippen molar-refractivity contribution in [2.75, 3.05) is 0 Å². The second-order valence-electron chi connectivity index (χ2n) is 40.7. The molecule has 710 valence electrons. The molecule has 144 heavy (non-hydrogen) atoms. The van der Waals surface area contributed by atoms with Gasteiger partial charge in [-0.25, -0.2) is 22.8 Å². The first kappa shape index (κ1) is 85.2. The second-order valence-corrected chi connectivity index (χ2v) is 40.7. The lowest BCUT2D eigenvalue weighted by atomic mass is 9.85. The highest BCUT2D eigenvalue weighted by atomic mass is 16.3. The zero-order valence-electron chi connectivity index (χ0n) is 90.5. The summed E-state index contributed by atoms with van der Waals surface area (Å²) in [6.07, 6.45) is 23.7. The van der Waals surface area contributed by atoms with Crippen LogP contribution >= 0.6 is 0 Å². The molecular weight excluding hydrogens is 1760 g/mol. The van der Waals surface area contributed by atoms with E-state index in [1.165, 1.54) is 215 Å². The van der Waals surface area contributed by atoms with E-state index in [1.807, 2.05) is 78.9 Å². The molecule has 1 atom stereocenters. The van der Waals surface area contributed by atoms with Crippen LogP contribution in [0.2, 0.25) is 0 Å². The number of aromatic nitrogens is 5. The van der Waals surface area contributed by atoms with Gasteiger partial charge in [-0.1, -0.05) is 260 Å². The van der Waals surface area contributed by atoms with E-state index in [0.29, 0.717) is 11.1 Å². The molecule has 10 heterocycles. The molecular formula is C134H124N5O5+5. The van der Waals surface area contributed by atoms with Crippen molar-refractivity contribution in [3.8, 4) is 56.3 Å². The van der Waals surface area contributed by atoms with Crippen LogP contribution in [-0.4, -0.2) is 0 Å². The first-order valence-electron chi connectivity index (χ1n) is 54.1. The van der Waals surface area contributed by atoms with Gasteiger partial charge in [0.05, 0.1) is 27.8 Å². The van der Waals surface area contributed by atoms with Crippen LogP contribution < -0.4 is 22.8 Å². The maximum atomic E-state index is 8.54. The van der Waals surface area contributed by atoms with E-state index in [9.17, 15) is 0 Å². The highest BCUT2D eigenvalue weighted by Crippen LogP contribution is 2.47. The molecule has 0 spiro atoms. The Bertz CT molecular complexity index is 9690. The van der Waals surface area contributed by atoms with E-state index in [0.717, 1.165) is 139 Å². The quantitative estimate of drug-likeness (QED) is 0.120. The number of fused-ring (bicyclic) bond motifs is 20. The predicted molar refractivity (Wildman–Crippen MR) is 597 cm³/mol. The van der Waals surface area contributed by atoms with Crippen LogP contribution in [0, 0.1) is 53.4 Å². The van der Waals surface area contributed by atoms with Gasteiger partial charge in [-0.05, 0) is 249 Å². The summed E-state index contributed by atoms with van der Waals surface area (Å²) in [5, 5.41) is 23.4. The molecule has 2 aliphatic rings. The fraction of sp³-hybridized carbons (Fsp3) is 0.216. The summed E-state index contributed by atoms with van der Waals surface area (Å²) >= 11 is 0. The Morgan fingerprint density at radius 1 is 0.278 bits per heavy atom. The van der Waals surface area contributed by atoms with E-state index in [2.05, 4.69) is 349 Å². The van der Waals surface area contributed by atoms with Crippen molar-refractivity contribution >= 4 is 164 Å². The van der Waals surface area contributed by atoms with E-state index in [-0.39, 0.29) is 0 Å². The van der Waals surface area contributed by atoms with Crippen LogP contribution in [0.3, 0.4) is 0 Å². The van der Waals surface area contributed by atoms with Gasteiger partial charge in [0, 0.05) is 123 Å². The average molecular weight is 1890 g/mol. The Morgan fingerprint density at radius 3 is 0.806 bits per heavy atom. The molecule has 25 aromatic rings. The molecule has 10 nitrogen and oxygen atoms in total. The van der Waals surface area contributed by atoms with Crippen LogP contribution in [0.15, 0.2) is 356 Å². The number of aryl methyl sites for hydroxylation is 12. The van der Waals surface area contributed by atoms with Crippen molar-refractivity contribution in [2.45, 2.75) is 145 Å². The van der Waals surface area contributed by atoms with Gasteiger partial charge < -0.3 is 22.1 Å². The summed E-state index contributed by atoms with van der Waals surface area (Å²) in [6.45, 7) is 13.4. The summed E-state index contributed by atoms with van der Waals surface area (Å²) in [6, 6.07) is 107. The molecule has 10 heteroatoms. The van der Waals surface area contributed by atoms with Crippen molar-refractivity contribution < 1.29 is 53.1 Å². The zero-order chi connectivity index (χ0) is 104. The molecule has 2 aliphatic carbocycles. The minimum atomic E-state index is -2.44. The molecule has 0 bridgehead atoms. The largest absolute Gasteiger partial charge is 0.455 e. The third-order valence-electron chi connectivity index (χ3n) is 30.9. The lowest BCUT2D eigenvalue weighted by Crippen LogP contribution is -2.31. The third-order valence-corrected chi connectivity index (χ3v) is 30.9. The molecule has 2 saturated carbocycles. The smallest absolute Gasteiger partial charge is 0.216 e. The number of rotatable bonds is 11. The van der Waals surface area contributed by atoms with Gasteiger partial charge in [-0.3, -0.25) is 0 Å². The molecule has 10 aromatic heterocycles. The normalized spacial score (nSPS) is 14.4. The number of pyridine rings is 5. The van der Waals surface area contributed by atoms with E-state index < -0.39 is 19.1 Å². The van der Waals surface area contributed by atoms with Gasteiger partial charge in [0.25, 0.3) is 0 Å². The molecule has 0 saturated heterocycles. The van der Waals surface area contributed by atoms with Crippen LogP contribution in [0.25, 0.3) is 220 Å². The molecule has 27 rings (SSSR count). The molecule has 0 aliphatic heterocycles. The van der Waals surface area contributed by atoms with Crippen LogP contribution in [0.4, 0.5) is 0 Å². The van der Waals surface area contributed by atoms with Crippen molar-refractivity contribution in [3.05, 3.63) is 390 Å². The summed E-state index contributed by atoms with van der Waals surface area (Å²) < 4.78 is 91.2. The van der Waals surface area contributed by atoms with E-state index in [4.69, 9.17) is 30.3 Å². The lowest BCUT2D eigenvalue weighted by molar-refractivity contribution is -0.660. The maximum absolute atomic E-state index is 8.54. The SMILES string of the molecule is Cc1cc[n+](C)c(-c2c(C)ccc3c2oc2cc4ccccc4cc23)c1.Cc1ccc2c(oc3cc4ccccc4cc32)c1-c1cc(CC2CCCC2)cc[n+]1C.Cc1ccc2c(oc3cc4ccccc4cc32)c1-c1cc(CC2CCCCC2)cc[n+]1C.[2H]C([2H])(C)c1cc[n+](C)c(-c2c(C)ccc3c2oc2cc4ccccc4cc23)c1.[2H]C([2H])([2H])C([2H])(C)c1cc[n+](C)c(-c2c(C)ccc3c2oc2cc4ccccc4cc23)c1. The maximum Gasteiger partial charge on any atom is 0.216 e. The topological polar surface area (TPSA) is 85.1 Å². The van der Waals surface area contributed by atoms with Crippen molar-refractivity contribution in [2.24, 2.45) is 47.1 Å². The van der Waals surface area contributed by atoms with Crippen LogP contribution in [-0.2, 0) is 54.5 Å². The molecule has 1 unspecified atom stereocenters. The van der Waals surface area contributed by atoms with E-state index in [1.54, 1.807) is 13.0 Å². The third kappa shape index (κ3) is 17.3.